The van der Waals surface area contributed by atoms with Crippen molar-refractivity contribution >= 4 is 0 Å². The Kier molecular flexibility index (Phi) is 6.63. The molecule has 0 aliphatic rings. The second-order valence-electron chi connectivity index (χ2n) is 5.52. The molecule has 0 spiro atoms. The Morgan fingerprint density at radius 1 is 1.07 bits per heavy atom. The minimum atomic E-state index is 0.408. The van der Waals surface area contributed by atoms with Crippen molar-refractivity contribution in [3.63, 3.8) is 0 Å². The van der Waals surface area contributed by atoms with Crippen LogP contribution in [-0.2, 0) is 0 Å². The Hall–Kier alpha value is -0.520. The Labute approximate surface area is 96.5 Å². The lowest BCUT2D eigenvalue weighted by atomic mass is 9.90. The first-order chi connectivity index (χ1) is 6.90. The van der Waals surface area contributed by atoms with Crippen molar-refractivity contribution in [1.82, 2.24) is 0 Å². The molecule has 0 aliphatic heterocycles. The average Bonchev–Trinajstić information content (AvgIpc) is 2.15. The highest BCUT2D eigenvalue weighted by atomic mass is 14.1. The number of unbranched alkanes of at least 4 members (excludes halogenated alkanes) is 1. The van der Waals surface area contributed by atoms with Crippen LogP contribution in [0.25, 0.3) is 0 Å². The molecule has 0 rings (SSSR count). The number of hydrogen-bond acceptors (Lipinski definition) is 0. The Balaban J connectivity index is 4.44. The van der Waals surface area contributed by atoms with Gasteiger partial charge in [-0.05, 0) is 37.2 Å². The van der Waals surface area contributed by atoms with E-state index in [-0.39, 0.29) is 0 Å². The number of allylic oxidation sites excluding steroid dienone is 4. The summed E-state index contributed by atoms with van der Waals surface area (Å²) in [5.74, 6) is 0. The largest absolute Gasteiger partial charge is 0.0811 e. The molecule has 0 nitrogen and oxygen atoms in total. The van der Waals surface area contributed by atoms with E-state index in [0.717, 1.165) is 6.42 Å². The molecule has 0 N–H and O–H groups in total. The van der Waals surface area contributed by atoms with Gasteiger partial charge in [-0.1, -0.05) is 58.8 Å². The molecule has 0 aromatic carbocycles. The molecule has 0 amide bonds. The van der Waals surface area contributed by atoms with Crippen molar-refractivity contribution in [3.05, 3.63) is 23.3 Å². The SMILES string of the molecule is CCC/C=C(CC)\C(C)=C/CC(C)(C)C. The van der Waals surface area contributed by atoms with Crippen LogP contribution in [0.15, 0.2) is 23.3 Å². The number of rotatable bonds is 5. The monoisotopic (exact) mass is 208 g/mol. The maximum absolute atomic E-state index is 2.40. The van der Waals surface area contributed by atoms with Crippen LogP contribution in [0.2, 0.25) is 0 Å². The summed E-state index contributed by atoms with van der Waals surface area (Å²) in [6, 6.07) is 0. The normalized spacial score (nSPS) is 14.5. The summed E-state index contributed by atoms with van der Waals surface area (Å²) >= 11 is 0. The van der Waals surface area contributed by atoms with Crippen LogP contribution in [0.3, 0.4) is 0 Å². The first-order valence-corrected chi connectivity index (χ1v) is 6.27. The fourth-order valence-corrected chi connectivity index (χ4v) is 1.49. The minimum absolute atomic E-state index is 0.408. The maximum atomic E-state index is 2.40. The summed E-state index contributed by atoms with van der Waals surface area (Å²) in [5, 5.41) is 0. The summed E-state index contributed by atoms with van der Waals surface area (Å²) in [5.41, 5.74) is 3.41. The summed E-state index contributed by atoms with van der Waals surface area (Å²) in [6.45, 7) is 13.6. The topological polar surface area (TPSA) is 0 Å². The summed E-state index contributed by atoms with van der Waals surface area (Å²) < 4.78 is 0. The molecule has 15 heavy (non-hydrogen) atoms. The van der Waals surface area contributed by atoms with Gasteiger partial charge in [-0.25, -0.2) is 0 Å². The maximum Gasteiger partial charge on any atom is -0.0296 e. The van der Waals surface area contributed by atoms with E-state index in [1.165, 1.54) is 30.4 Å². The quantitative estimate of drug-likeness (QED) is 0.523. The van der Waals surface area contributed by atoms with E-state index >= 15 is 0 Å². The van der Waals surface area contributed by atoms with Crippen LogP contribution < -0.4 is 0 Å². The smallest absolute Gasteiger partial charge is 0.0296 e. The van der Waals surface area contributed by atoms with Crippen LogP contribution >= 0.6 is 0 Å². The number of hydrogen-bond donors (Lipinski definition) is 0. The van der Waals surface area contributed by atoms with Gasteiger partial charge in [0.25, 0.3) is 0 Å². The zero-order chi connectivity index (χ0) is 11.9. The molecule has 0 saturated carbocycles. The summed E-state index contributed by atoms with van der Waals surface area (Å²) in [4.78, 5) is 0. The summed E-state index contributed by atoms with van der Waals surface area (Å²) in [6.07, 6.45) is 9.58. The lowest BCUT2D eigenvalue weighted by Gasteiger charge is -2.16. The molecule has 0 bridgehead atoms. The van der Waals surface area contributed by atoms with Gasteiger partial charge in [-0.15, -0.1) is 0 Å². The highest BCUT2D eigenvalue weighted by molar-refractivity contribution is 5.28. The van der Waals surface area contributed by atoms with Gasteiger partial charge in [0.1, 0.15) is 0 Å². The molecule has 0 aromatic rings. The third kappa shape index (κ3) is 7.41. The van der Waals surface area contributed by atoms with E-state index in [2.05, 4.69) is 53.7 Å². The van der Waals surface area contributed by atoms with Crippen LogP contribution in [0.5, 0.6) is 0 Å². The second kappa shape index (κ2) is 6.87. The minimum Gasteiger partial charge on any atom is -0.0811 e. The molecule has 0 atom stereocenters. The Morgan fingerprint density at radius 3 is 2.07 bits per heavy atom. The van der Waals surface area contributed by atoms with E-state index in [1.807, 2.05) is 0 Å². The molecule has 0 heteroatoms. The van der Waals surface area contributed by atoms with Gasteiger partial charge in [0.15, 0.2) is 0 Å². The van der Waals surface area contributed by atoms with E-state index in [9.17, 15) is 0 Å². The highest BCUT2D eigenvalue weighted by Crippen LogP contribution is 2.23. The molecule has 0 heterocycles. The van der Waals surface area contributed by atoms with Gasteiger partial charge in [0.2, 0.25) is 0 Å². The summed E-state index contributed by atoms with van der Waals surface area (Å²) in [7, 11) is 0. The van der Waals surface area contributed by atoms with Crippen molar-refractivity contribution in [3.8, 4) is 0 Å². The highest BCUT2D eigenvalue weighted by Gasteiger charge is 2.08. The average molecular weight is 208 g/mol. The Bertz CT molecular complexity index is 223. The molecule has 0 unspecified atom stereocenters. The van der Waals surface area contributed by atoms with Gasteiger partial charge in [0.05, 0.1) is 0 Å². The predicted octanol–water partition coefficient (Wildman–Crippen LogP) is 5.51. The predicted molar refractivity (Wildman–Crippen MR) is 71.1 cm³/mol. The fourth-order valence-electron chi connectivity index (χ4n) is 1.49. The van der Waals surface area contributed by atoms with Crippen molar-refractivity contribution in [1.29, 1.82) is 0 Å². The van der Waals surface area contributed by atoms with Gasteiger partial charge in [0, 0.05) is 0 Å². The second-order valence-corrected chi connectivity index (χ2v) is 5.52. The molecular formula is C15H28. The van der Waals surface area contributed by atoms with E-state index in [0.29, 0.717) is 5.41 Å². The molecule has 0 aliphatic carbocycles. The molecular weight excluding hydrogens is 180 g/mol. The molecule has 0 saturated heterocycles. The standard InChI is InChI=1S/C15H28/c1-7-9-10-14(8-2)13(3)11-12-15(4,5)6/h10-11H,7-9,12H2,1-6H3/b13-11-,14-10-. The van der Waals surface area contributed by atoms with Crippen molar-refractivity contribution in [2.45, 2.75) is 67.2 Å². The molecule has 0 aromatic heterocycles. The molecule has 0 fully saturated rings. The van der Waals surface area contributed by atoms with Crippen LogP contribution in [0, 0.1) is 5.41 Å². The lowest BCUT2D eigenvalue weighted by molar-refractivity contribution is 0.419. The first kappa shape index (κ1) is 14.5. The van der Waals surface area contributed by atoms with Crippen molar-refractivity contribution in [2.75, 3.05) is 0 Å². The van der Waals surface area contributed by atoms with Gasteiger partial charge < -0.3 is 0 Å². The zero-order valence-corrected chi connectivity index (χ0v) is 11.5. The Morgan fingerprint density at radius 2 is 1.67 bits per heavy atom. The zero-order valence-electron chi connectivity index (χ0n) is 11.5. The third-order valence-corrected chi connectivity index (χ3v) is 2.59. The molecule has 0 radical (unpaired) electrons. The van der Waals surface area contributed by atoms with Crippen molar-refractivity contribution < 1.29 is 0 Å². The molecule has 88 valence electrons. The lowest BCUT2D eigenvalue weighted by Crippen LogP contribution is -2.02. The fraction of sp³-hybridized carbons (Fsp3) is 0.733. The van der Waals surface area contributed by atoms with Gasteiger partial charge in [-0.2, -0.15) is 0 Å². The van der Waals surface area contributed by atoms with Gasteiger partial charge in [-0.3, -0.25) is 0 Å². The van der Waals surface area contributed by atoms with Crippen LogP contribution in [-0.4, -0.2) is 0 Å². The van der Waals surface area contributed by atoms with Crippen LogP contribution in [0.1, 0.15) is 67.2 Å². The van der Waals surface area contributed by atoms with E-state index in [1.54, 1.807) is 0 Å². The van der Waals surface area contributed by atoms with Crippen molar-refractivity contribution in [2.24, 2.45) is 5.41 Å². The third-order valence-electron chi connectivity index (χ3n) is 2.59. The first-order valence-electron chi connectivity index (χ1n) is 6.27. The van der Waals surface area contributed by atoms with E-state index in [4.69, 9.17) is 0 Å². The van der Waals surface area contributed by atoms with Crippen LogP contribution in [0.4, 0.5) is 0 Å². The van der Waals surface area contributed by atoms with Gasteiger partial charge >= 0.3 is 0 Å². The van der Waals surface area contributed by atoms with E-state index < -0.39 is 0 Å².